The first kappa shape index (κ1) is 14.1. The van der Waals surface area contributed by atoms with Crippen LogP contribution in [0.1, 0.15) is 6.42 Å². The lowest BCUT2D eigenvalue weighted by molar-refractivity contribution is 0.247. The molecule has 0 aromatic heterocycles. The first-order valence-corrected chi connectivity index (χ1v) is 6.54. The van der Waals surface area contributed by atoms with Gasteiger partial charge >= 0.3 is 0 Å². The Kier molecular flexibility index (Phi) is 5.12. The summed E-state index contributed by atoms with van der Waals surface area (Å²) in [7, 11) is 1.64. The SMILES string of the molecule is COc1cccc(OCCCOc2ccccc2N)c1. The number of nitrogen functional groups attached to an aromatic ring is 1. The van der Waals surface area contributed by atoms with Crippen molar-refractivity contribution >= 4 is 5.69 Å². The number of ether oxygens (including phenoxy) is 3. The van der Waals surface area contributed by atoms with Gasteiger partial charge in [-0.2, -0.15) is 0 Å². The lowest BCUT2D eigenvalue weighted by Crippen LogP contribution is -2.06. The second-order valence-electron chi connectivity index (χ2n) is 4.27. The molecule has 2 rings (SSSR count). The number of methoxy groups -OCH3 is 1. The van der Waals surface area contributed by atoms with E-state index in [9.17, 15) is 0 Å². The van der Waals surface area contributed by atoms with Gasteiger partial charge in [0.2, 0.25) is 0 Å². The van der Waals surface area contributed by atoms with Crippen LogP contribution < -0.4 is 19.9 Å². The van der Waals surface area contributed by atoms with E-state index < -0.39 is 0 Å². The molecule has 20 heavy (non-hydrogen) atoms. The summed E-state index contributed by atoms with van der Waals surface area (Å²) in [5, 5.41) is 0. The topological polar surface area (TPSA) is 53.7 Å². The molecule has 0 saturated carbocycles. The van der Waals surface area contributed by atoms with Crippen LogP contribution in [0.5, 0.6) is 17.2 Å². The molecule has 4 heteroatoms. The Morgan fingerprint density at radius 3 is 2.45 bits per heavy atom. The van der Waals surface area contributed by atoms with Gasteiger partial charge in [0.15, 0.2) is 0 Å². The Morgan fingerprint density at radius 2 is 1.65 bits per heavy atom. The third kappa shape index (κ3) is 4.09. The van der Waals surface area contributed by atoms with Crippen molar-refractivity contribution in [3.8, 4) is 17.2 Å². The molecule has 0 spiro atoms. The van der Waals surface area contributed by atoms with Gasteiger partial charge in [0.1, 0.15) is 17.2 Å². The zero-order valence-electron chi connectivity index (χ0n) is 11.5. The molecule has 0 aliphatic rings. The third-order valence-corrected chi connectivity index (χ3v) is 2.78. The van der Waals surface area contributed by atoms with Gasteiger partial charge in [-0.25, -0.2) is 0 Å². The molecule has 2 aromatic rings. The van der Waals surface area contributed by atoms with Crippen LogP contribution in [0.4, 0.5) is 5.69 Å². The highest BCUT2D eigenvalue weighted by Crippen LogP contribution is 2.20. The molecule has 0 aliphatic carbocycles. The van der Waals surface area contributed by atoms with Crippen LogP contribution in [0.15, 0.2) is 48.5 Å². The molecule has 106 valence electrons. The van der Waals surface area contributed by atoms with Gasteiger partial charge in [-0.05, 0) is 24.3 Å². The van der Waals surface area contributed by atoms with Crippen LogP contribution >= 0.6 is 0 Å². The maximum atomic E-state index is 5.79. The summed E-state index contributed by atoms with van der Waals surface area (Å²) in [6, 6.07) is 15.0. The second kappa shape index (κ2) is 7.28. The first-order chi connectivity index (χ1) is 9.79. The minimum absolute atomic E-state index is 0.568. The Labute approximate surface area is 119 Å². The van der Waals surface area contributed by atoms with E-state index in [0.717, 1.165) is 17.9 Å². The molecule has 0 fully saturated rings. The molecule has 0 saturated heterocycles. The number of benzene rings is 2. The largest absolute Gasteiger partial charge is 0.497 e. The number of hydrogen-bond acceptors (Lipinski definition) is 4. The fourth-order valence-electron chi connectivity index (χ4n) is 1.73. The molecule has 2 aromatic carbocycles. The van der Waals surface area contributed by atoms with Crippen molar-refractivity contribution in [1.82, 2.24) is 0 Å². The monoisotopic (exact) mass is 273 g/mol. The zero-order chi connectivity index (χ0) is 14.2. The first-order valence-electron chi connectivity index (χ1n) is 6.54. The summed E-state index contributed by atoms with van der Waals surface area (Å²) in [6.45, 7) is 1.15. The predicted molar refractivity (Wildman–Crippen MR) is 79.5 cm³/mol. The van der Waals surface area contributed by atoms with Crippen molar-refractivity contribution in [3.05, 3.63) is 48.5 Å². The second-order valence-corrected chi connectivity index (χ2v) is 4.27. The molecule has 0 atom stereocenters. The smallest absolute Gasteiger partial charge is 0.142 e. The van der Waals surface area contributed by atoms with Gasteiger partial charge in [0.05, 0.1) is 26.0 Å². The lowest BCUT2D eigenvalue weighted by Gasteiger charge is -2.10. The van der Waals surface area contributed by atoms with Crippen molar-refractivity contribution in [2.45, 2.75) is 6.42 Å². The highest BCUT2D eigenvalue weighted by molar-refractivity contribution is 5.51. The molecular formula is C16H19NO3. The van der Waals surface area contributed by atoms with Gasteiger partial charge in [-0.1, -0.05) is 18.2 Å². The number of nitrogens with two attached hydrogens (primary N) is 1. The number of anilines is 1. The van der Waals surface area contributed by atoms with E-state index in [4.69, 9.17) is 19.9 Å². The standard InChI is InChI=1S/C16H19NO3/c1-18-13-6-4-7-14(12-13)19-10-5-11-20-16-9-3-2-8-15(16)17/h2-4,6-9,12H,5,10-11,17H2,1H3. The summed E-state index contributed by atoms with van der Waals surface area (Å²) in [5.41, 5.74) is 6.44. The minimum atomic E-state index is 0.568. The maximum absolute atomic E-state index is 5.79. The van der Waals surface area contributed by atoms with Crippen molar-refractivity contribution in [2.75, 3.05) is 26.1 Å². The molecule has 0 heterocycles. The summed E-state index contributed by atoms with van der Waals surface area (Å²) in [6.07, 6.45) is 0.783. The van der Waals surface area contributed by atoms with Crippen LogP contribution in [-0.4, -0.2) is 20.3 Å². The third-order valence-electron chi connectivity index (χ3n) is 2.78. The highest BCUT2D eigenvalue weighted by atomic mass is 16.5. The summed E-state index contributed by atoms with van der Waals surface area (Å²) in [4.78, 5) is 0. The molecule has 0 unspecified atom stereocenters. The van der Waals surface area contributed by atoms with Crippen LogP contribution in [0, 0.1) is 0 Å². The quantitative estimate of drug-likeness (QED) is 0.622. The van der Waals surface area contributed by atoms with Crippen molar-refractivity contribution in [1.29, 1.82) is 0 Å². The Bertz CT molecular complexity index is 543. The minimum Gasteiger partial charge on any atom is -0.497 e. The number of para-hydroxylation sites is 2. The molecule has 0 radical (unpaired) electrons. The van der Waals surface area contributed by atoms with Crippen molar-refractivity contribution in [2.24, 2.45) is 0 Å². The van der Waals surface area contributed by atoms with Crippen LogP contribution in [-0.2, 0) is 0 Å². The van der Waals surface area contributed by atoms with Crippen LogP contribution in [0.25, 0.3) is 0 Å². The molecule has 2 N–H and O–H groups in total. The number of rotatable bonds is 7. The van der Waals surface area contributed by atoms with E-state index in [2.05, 4.69) is 0 Å². The molecular weight excluding hydrogens is 254 g/mol. The van der Waals surface area contributed by atoms with Gasteiger partial charge in [-0.15, -0.1) is 0 Å². The Balaban J connectivity index is 1.70. The fraction of sp³-hybridized carbons (Fsp3) is 0.250. The van der Waals surface area contributed by atoms with Crippen molar-refractivity contribution in [3.63, 3.8) is 0 Å². The molecule has 0 aliphatic heterocycles. The fourth-order valence-corrected chi connectivity index (χ4v) is 1.73. The molecule has 0 amide bonds. The summed E-state index contributed by atoms with van der Waals surface area (Å²) < 4.78 is 16.4. The van der Waals surface area contributed by atoms with Gasteiger partial charge in [0.25, 0.3) is 0 Å². The van der Waals surface area contributed by atoms with E-state index in [1.54, 1.807) is 7.11 Å². The molecule has 0 bridgehead atoms. The predicted octanol–water partition coefficient (Wildman–Crippen LogP) is 3.13. The van der Waals surface area contributed by atoms with Gasteiger partial charge < -0.3 is 19.9 Å². The van der Waals surface area contributed by atoms with E-state index in [1.807, 2.05) is 48.5 Å². The zero-order valence-corrected chi connectivity index (χ0v) is 11.5. The Morgan fingerprint density at radius 1 is 0.900 bits per heavy atom. The van der Waals surface area contributed by atoms with E-state index in [0.29, 0.717) is 24.7 Å². The van der Waals surface area contributed by atoms with Gasteiger partial charge in [0, 0.05) is 12.5 Å². The van der Waals surface area contributed by atoms with Gasteiger partial charge in [-0.3, -0.25) is 0 Å². The maximum Gasteiger partial charge on any atom is 0.142 e. The van der Waals surface area contributed by atoms with Crippen LogP contribution in [0.3, 0.4) is 0 Å². The lowest BCUT2D eigenvalue weighted by atomic mass is 10.3. The highest BCUT2D eigenvalue weighted by Gasteiger charge is 1.99. The van der Waals surface area contributed by atoms with E-state index in [1.165, 1.54) is 0 Å². The average molecular weight is 273 g/mol. The van der Waals surface area contributed by atoms with E-state index in [-0.39, 0.29) is 0 Å². The number of hydrogen-bond donors (Lipinski definition) is 1. The Hall–Kier alpha value is -2.36. The van der Waals surface area contributed by atoms with Crippen molar-refractivity contribution < 1.29 is 14.2 Å². The normalized spacial score (nSPS) is 10.1. The molecule has 4 nitrogen and oxygen atoms in total. The average Bonchev–Trinajstić information content (AvgIpc) is 2.49. The summed E-state index contributed by atoms with van der Waals surface area (Å²) >= 11 is 0. The van der Waals surface area contributed by atoms with E-state index >= 15 is 0 Å². The summed E-state index contributed by atoms with van der Waals surface area (Å²) in [5.74, 6) is 2.30. The van der Waals surface area contributed by atoms with Crippen LogP contribution in [0.2, 0.25) is 0 Å².